The molecule has 0 aromatic carbocycles. The van der Waals surface area contributed by atoms with Gasteiger partial charge in [-0.1, -0.05) is 17.8 Å². The Morgan fingerprint density at radius 3 is 2.96 bits per heavy atom. The first-order valence-corrected chi connectivity index (χ1v) is 9.65. The minimum atomic E-state index is 0.340. The topological polar surface area (TPSA) is 56.3 Å². The van der Waals surface area contributed by atoms with Crippen LogP contribution >= 0.6 is 11.8 Å². The molecule has 0 bridgehead atoms. The number of rotatable bonds is 9. The highest BCUT2D eigenvalue weighted by Gasteiger charge is 2.19. The highest BCUT2D eigenvalue weighted by Crippen LogP contribution is 2.23. The summed E-state index contributed by atoms with van der Waals surface area (Å²) in [7, 11) is 2.06. The van der Waals surface area contributed by atoms with Gasteiger partial charge in [0.15, 0.2) is 5.16 Å². The van der Waals surface area contributed by atoms with Crippen LogP contribution < -0.4 is 0 Å². The van der Waals surface area contributed by atoms with E-state index in [1.165, 1.54) is 0 Å². The van der Waals surface area contributed by atoms with E-state index in [2.05, 4.69) is 33.3 Å². The minimum Gasteiger partial charge on any atom is -0.465 e. The molecule has 1 atom stereocenters. The quantitative estimate of drug-likeness (QED) is 0.504. The van der Waals surface area contributed by atoms with Gasteiger partial charge in [0.05, 0.1) is 19.2 Å². The number of hydrogen-bond acceptors (Lipinski definition) is 6. The van der Waals surface area contributed by atoms with Crippen molar-refractivity contribution in [3.63, 3.8) is 0 Å². The minimum absolute atomic E-state index is 0.340. The zero-order valence-electron chi connectivity index (χ0n) is 15.0. The Hall–Kier alpha value is -1.57. The van der Waals surface area contributed by atoms with Crippen LogP contribution in [0, 0.1) is 6.92 Å². The number of furan rings is 1. The van der Waals surface area contributed by atoms with Crippen molar-refractivity contribution in [2.45, 2.75) is 50.7 Å². The van der Waals surface area contributed by atoms with Crippen LogP contribution in [0.1, 0.15) is 30.2 Å². The molecule has 2 aromatic rings. The molecule has 136 valence electrons. The van der Waals surface area contributed by atoms with Gasteiger partial charge in [-0.05, 0) is 38.9 Å². The Bertz CT molecular complexity index is 691. The molecule has 7 heteroatoms. The van der Waals surface area contributed by atoms with Gasteiger partial charge in [0.25, 0.3) is 0 Å². The first-order valence-electron chi connectivity index (χ1n) is 8.67. The van der Waals surface area contributed by atoms with E-state index in [1.54, 1.807) is 11.8 Å². The first-order chi connectivity index (χ1) is 12.2. The lowest BCUT2D eigenvalue weighted by Crippen LogP contribution is -2.20. The Morgan fingerprint density at radius 1 is 1.40 bits per heavy atom. The Kier molecular flexibility index (Phi) is 6.34. The van der Waals surface area contributed by atoms with Crippen LogP contribution in [0.25, 0.3) is 0 Å². The van der Waals surface area contributed by atoms with Crippen LogP contribution in [0.2, 0.25) is 0 Å². The molecule has 1 aliphatic rings. The van der Waals surface area contributed by atoms with Crippen molar-refractivity contribution in [2.24, 2.45) is 0 Å². The predicted octanol–water partition coefficient (Wildman–Crippen LogP) is 3.27. The van der Waals surface area contributed by atoms with E-state index in [0.717, 1.165) is 54.2 Å². The fraction of sp³-hybridized carbons (Fsp3) is 0.556. The molecular weight excluding hydrogens is 336 g/mol. The van der Waals surface area contributed by atoms with Gasteiger partial charge in [0, 0.05) is 18.9 Å². The third-order valence-electron chi connectivity index (χ3n) is 4.16. The average molecular weight is 362 g/mol. The van der Waals surface area contributed by atoms with Gasteiger partial charge >= 0.3 is 0 Å². The van der Waals surface area contributed by atoms with Gasteiger partial charge in [-0.2, -0.15) is 0 Å². The third kappa shape index (κ3) is 4.96. The molecule has 0 N–H and O–H groups in total. The average Bonchev–Trinajstić information content (AvgIpc) is 3.30. The van der Waals surface area contributed by atoms with E-state index >= 15 is 0 Å². The summed E-state index contributed by atoms with van der Waals surface area (Å²) in [6.45, 7) is 8.87. The van der Waals surface area contributed by atoms with Crippen LogP contribution in [0.3, 0.4) is 0 Å². The number of hydrogen-bond donors (Lipinski definition) is 0. The Labute approximate surface area is 153 Å². The molecule has 2 aromatic heterocycles. The molecule has 1 aliphatic heterocycles. The van der Waals surface area contributed by atoms with Crippen molar-refractivity contribution in [3.8, 4) is 0 Å². The highest BCUT2D eigenvalue weighted by molar-refractivity contribution is 7.99. The third-order valence-corrected chi connectivity index (χ3v) is 5.26. The second-order valence-electron chi connectivity index (χ2n) is 6.43. The van der Waals surface area contributed by atoms with E-state index in [1.807, 2.05) is 25.1 Å². The van der Waals surface area contributed by atoms with E-state index in [0.29, 0.717) is 19.2 Å². The normalized spacial score (nSPS) is 17.5. The maximum Gasteiger partial charge on any atom is 0.191 e. The SMILES string of the molecule is C=CCn1c(CN(C)Cc2ccc(C)o2)nnc1SCC1CCCO1. The van der Waals surface area contributed by atoms with Crippen LogP contribution in [-0.2, 0) is 24.4 Å². The number of aromatic nitrogens is 3. The zero-order valence-corrected chi connectivity index (χ0v) is 15.8. The maximum absolute atomic E-state index is 5.70. The second-order valence-corrected chi connectivity index (χ2v) is 7.42. The van der Waals surface area contributed by atoms with E-state index in [4.69, 9.17) is 9.15 Å². The van der Waals surface area contributed by atoms with E-state index < -0.39 is 0 Å². The van der Waals surface area contributed by atoms with Crippen molar-refractivity contribution >= 4 is 11.8 Å². The summed E-state index contributed by atoms with van der Waals surface area (Å²) in [5.74, 6) is 3.77. The fourth-order valence-electron chi connectivity index (χ4n) is 2.93. The lowest BCUT2D eigenvalue weighted by atomic mass is 10.3. The van der Waals surface area contributed by atoms with Crippen molar-refractivity contribution in [2.75, 3.05) is 19.4 Å². The van der Waals surface area contributed by atoms with Crippen molar-refractivity contribution < 1.29 is 9.15 Å². The number of ether oxygens (including phenoxy) is 1. The molecule has 0 amide bonds. The summed E-state index contributed by atoms with van der Waals surface area (Å²) < 4.78 is 13.5. The van der Waals surface area contributed by atoms with Crippen LogP contribution in [0.15, 0.2) is 34.4 Å². The predicted molar refractivity (Wildman–Crippen MR) is 98.5 cm³/mol. The fourth-order valence-corrected chi connectivity index (χ4v) is 3.96. The molecule has 1 fully saturated rings. The summed E-state index contributed by atoms with van der Waals surface area (Å²) in [5, 5.41) is 9.72. The number of nitrogens with zero attached hydrogens (tertiary/aromatic N) is 4. The molecule has 0 spiro atoms. The van der Waals surface area contributed by atoms with Crippen LogP contribution in [-0.4, -0.2) is 45.2 Å². The molecule has 0 saturated carbocycles. The Balaban J connectivity index is 1.62. The molecule has 0 aliphatic carbocycles. The summed E-state index contributed by atoms with van der Waals surface area (Å²) in [6.07, 6.45) is 4.53. The summed E-state index contributed by atoms with van der Waals surface area (Å²) in [4.78, 5) is 2.18. The van der Waals surface area contributed by atoms with Crippen LogP contribution in [0.4, 0.5) is 0 Å². The standard InChI is InChI=1S/C18H26N4O2S/c1-4-9-22-17(12-21(3)11-15-8-7-14(2)24-15)19-20-18(22)25-13-16-6-5-10-23-16/h4,7-8,16H,1,5-6,9-13H2,2-3H3. The molecule has 3 heterocycles. The van der Waals surface area contributed by atoms with Gasteiger partial charge in [0.2, 0.25) is 0 Å². The molecule has 3 rings (SSSR count). The van der Waals surface area contributed by atoms with Gasteiger partial charge < -0.3 is 13.7 Å². The summed E-state index contributed by atoms with van der Waals surface area (Å²) in [5.41, 5.74) is 0. The smallest absolute Gasteiger partial charge is 0.191 e. The largest absolute Gasteiger partial charge is 0.465 e. The lowest BCUT2D eigenvalue weighted by molar-refractivity contribution is 0.129. The molecule has 0 radical (unpaired) electrons. The number of allylic oxidation sites excluding steroid dienone is 1. The molecule has 1 saturated heterocycles. The van der Waals surface area contributed by atoms with Gasteiger partial charge in [-0.3, -0.25) is 4.90 Å². The van der Waals surface area contributed by atoms with E-state index in [9.17, 15) is 0 Å². The lowest BCUT2D eigenvalue weighted by Gasteiger charge is -2.16. The monoisotopic (exact) mass is 362 g/mol. The number of aryl methyl sites for hydroxylation is 1. The number of thioether (sulfide) groups is 1. The van der Waals surface area contributed by atoms with Crippen molar-refractivity contribution in [3.05, 3.63) is 42.1 Å². The van der Waals surface area contributed by atoms with Gasteiger partial charge in [0.1, 0.15) is 17.3 Å². The van der Waals surface area contributed by atoms with Crippen LogP contribution in [0.5, 0.6) is 0 Å². The molecule has 6 nitrogen and oxygen atoms in total. The molecule has 25 heavy (non-hydrogen) atoms. The summed E-state index contributed by atoms with van der Waals surface area (Å²) >= 11 is 1.72. The van der Waals surface area contributed by atoms with Gasteiger partial charge in [-0.25, -0.2) is 0 Å². The summed E-state index contributed by atoms with van der Waals surface area (Å²) in [6, 6.07) is 4.01. The van der Waals surface area contributed by atoms with Crippen molar-refractivity contribution in [1.29, 1.82) is 0 Å². The zero-order chi connectivity index (χ0) is 17.6. The second kappa shape index (κ2) is 8.69. The molecular formula is C18H26N4O2S. The first kappa shape index (κ1) is 18.2. The van der Waals surface area contributed by atoms with Gasteiger partial charge in [-0.15, -0.1) is 16.8 Å². The van der Waals surface area contributed by atoms with Crippen molar-refractivity contribution in [1.82, 2.24) is 19.7 Å². The molecule has 1 unspecified atom stereocenters. The van der Waals surface area contributed by atoms with E-state index in [-0.39, 0.29) is 0 Å². The maximum atomic E-state index is 5.70. The Morgan fingerprint density at radius 2 is 2.28 bits per heavy atom. The highest BCUT2D eigenvalue weighted by atomic mass is 32.2.